The van der Waals surface area contributed by atoms with Gasteiger partial charge in [0.05, 0.1) is 6.54 Å². The Morgan fingerprint density at radius 1 is 0.938 bits per heavy atom. The van der Waals surface area contributed by atoms with Crippen LogP contribution in [-0.2, 0) is 4.79 Å². The Balaban J connectivity index is 1.11. The van der Waals surface area contributed by atoms with Crippen molar-refractivity contribution in [3.63, 3.8) is 0 Å². The summed E-state index contributed by atoms with van der Waals surface area (Å²) in [6.45, 7) is 7.80. The molecule has 1 aromatic rings. The maximum atomic E-state index is 13.3. The van der Waals surface area contributed by atoms with Crippen LogP contribution >= 0.6 is 0 Å². The second kappa shape index (κ2) is 8.83. The molecule has 4 aliphatic heterocycles. The Hall–Kier alpha value is -1.85. The highest BCUT2D eigenvalue weighted by atomic mass is 16.2. The van der Waals surface area contributed by atoms with Crippen molar-refractivity contribution in [2.45, 2.75) is 50.6 Å². The largest absolute Gasteiger partial charge is 0.368 e. The van der Waals surface area contributed by atoms with Gasteiger partial charge in [-0.3, -0.25) is 14.6 Å². The number of anilines is 1. The van der Waals surface area contributed by atoms with Crippen molar-refractivity contribution in [2.24, 2.45) is 11.8 Å². The van der Waals surface area contributed by atoms with Crippen LogP contribution in [0.4, 0.5) is 5.69 Å². The smallest absolute Gasteiger partial charge is 0.236 e. The van der Waals surface area contributed by atoms with Gasteiger partial charge in [0.2, 0.25) is 5.91 Å². The molecule has 0 N–H and O–H groups in total. The Bertz CT molecular complexity index is 846. The quantitative estimate of drug-likeness (QED) is 0.684. The molecule has 1 aliphatic carbocycles. The van der Waals surface area contributed by atoms with Gasteiger partial charge in [0.15, 0.2) is 0 Å². The van der Waals surface area contributed by atoms with E-state index in [0.29, 0.717) is 18.5 Å². The molecule has 0 radical (unpaired) electrons. The number of nitrogens with zero attached hydrogens (tertiary/aromatic N) is 4. The fraction of sp³-hybridized carbons (Fsp3) is 0.667. The third-order valence-corrected chi connectivity index (χ3v) is 8.85. The van der Waals surface area contributed by atoms with E-state index in [9.17, 15) is 4.79 Å². The average molecular weight is 435 g/mol. The Morgan fingerprint density at radius 2 is 1.78 bits per heavy atom. The highest BCUT2D eigenvalue weighted by molar-refractivity contribution is 5.78. The molecule has 5 nitrogen and oxygen atoms in total. The number of hydrogen-bond donors (Lipinski definition) is 0. The summed E-state index contributed by atoms with van der Waals surface area (Å²) in [7, 11) is 0. The summed E-state index contributed by atoms with van der Waals surface area (Å²) in [6, 6.07) is 11.9. The highest BCUT2D eigenvalue weighted by Gasteiger charge is 2.46. The van der Waals surface area contributed by atoms with Crippen LogP contribution < -0.4 is 4.90 Å². The molecule has 2 bridgehead atoms. The van der Waals surface area contributed by atoms with Crippen LogP contribution in [0.15, 0.2) is 42.0 Å². The van der Waals surface area contributed by atoms with Crippen molar-refractivity contribution in [3.8, 4) is 0 Å². The Labute approximate surface area is 193 Å². The molecular formula is C27H38N4O. The second-order valence-electron chi connectivity index (χ2n) is 10.7. The van der Waals surface area contributed by atoms with Crippen molar-refractivity contribution in [1.82, 2.24) is 14.7 Å². The number of piperazine rings is 1. The first-order chi connectivity index (χ1) is 15.8. The fourth-order valence-electron chi connectivity index (χ4n) is 7.39. The molecule has 0 spiro atoms. The summed E-state index contributed by atoms with van der Waals surface area (Å²) in [4.78, 5) is 23.2. The lowest BCUT2D eigenvalue weighted by Gasteiger charge is -2.54. The van der Waals surface area contributed by atoms with E-state index in [1.54, 1.807) is 5.57 Å². The lowest BCUT2D eigenvalue weighted by molar-refractivity contribution is -0.134. The number of piperidine rings is 3. The summed E-state index contributed by atoms with van der Waals surface area (Å²) in [5, 5.41) is 0. The SMILES string of the molecule is O=C(CN1CCCC2=C[C@H]3C[C@@H](CN4CCCC[C@H]34)[C@@H]21)N1CCN(c2ccccc2)CC1. The monoisotopic (exact) mass is 434 g/mol. The predicted octanol–water partition coefficient (Wildman–Crippen LogP) is 3.23. The zero-order valence-corrected chi connectivity index (χ0v) is 19.4. The normalized spacial score (nSPS) is 33.3. The van der Waals surface area contributed by atoms with Gasteiger partial charge in [-0.25, -0.2) is 0 Å². The number of carbonyl (C=O) groups is 1. The van der Waals surface area contributed by atoms with Gasteiger partial charge in [-0.1, -0.05) is 36.3 Å². The lowest BCUT2D eigenvalue weighted by atomic mass is 9.68. The number of carbonyl (C=O) groups excluding carboxylic acids is 1. The van der Waals surface area contributed by atoms with E-state index in [-0.39, 0.29) is 0 Å². The first-order valence-corrected chi connectivity index (χ1v) is 13.0. The van der Waals surface area contributed by atoms with E-state index in [2.05, 4.69) is 56.0 Å². The molecule has 6 rings (SSSR count). The number of hydrogen-bond acceptors (Lipinski definition) is 4. The zero-order valence-electron chi connectivity index (χ0n) is 19.4. The van der Waals surface area contributed by atoms with E-state index in [0.717, 1.165) is 50.6 Å². The van der Waals surface area contributed by atoms with Crippen LogP contribution in [0.2, 0.25) is 0 Å². The Kier molecular flexibility index (Phi) is 5.72. The van der Waals surface area contributed by atoms with E-state index in [1.807, 2.05) is 0 Å². The molecule has 1 amide bonds. The first-order valence-electron chi connectivity index (χ1n) is 13.0. The summed E-state index contributed by atoms with van der Waals surface area (Å²) in [5.41, 5.74) is 2.94. The fourth-order valence-corrected chi connectivity index (χ4v) is 7.39. The van der Waals surface area contributed by atoms with Crippen molar-refractivity contribution < 1.29 is 4.79 Å². The second-order valence-corrected chi connectivity index (χ2v) is 10.7. The molecule has 172 valence electrons. The van der Waals surface area contributed by atoms with Crippen LogP contribution in [-0.4, -0.2) is 85.0 Å². The van der Waals surface area contributed by atoms with Gasteiger partial charge in [0.1, 0.15) is 0 Å². The molecule has 0 aromatic heterocycles. The van der Waals surface area contributed by atoms with Crippen LogP contribution in [0.5, 0.6) is 0 Å². The number of para-hydroxylation sites is 1. The number of likely N-dealkylation sites (tertiary alicyclic amines) is 1. The van der Waals surface area contributed by atoms with Gasteiger partial charge in [-0.15, -0.1) is 0 Å². The molecule has 4 fully saturated rings. The molecule has 1 aromatic carbocycles. The van der Waals surface area contributed by atoms with Crippen LogP contribution in [0, 0.1) is 11.8 Å². The van der Waals surface area contributed by atoms with Gasteiger partial charge < -0.3 is 9.80 Å². The van der Waals surface area contributed by atoms with Crippen molar-refractivity contribution >= 4 is 11.6 Å². The summed E-state index contributed by atoms with van der Waals surface area (Å²) < 4.78 is 0. The van der Waals surface area contributed by atoms with Crippen LogP contribution in [0.25, 0.3) is 0 Å². The van der Waals surface area contributed by atoms with E-state index in [4.69, 9.17) is 0 Å². The van der Waals surface area contributed by atoms with Crippen LogP contribution in [0.3, 0.4) is 0 Å². The van der Waals surface area contributed by atoms with Gasteiger partial charge in [0.25, 0.3) is 0 Å². The zero-order chi connectivity index (χ0) is 21.5. The van der Waals surface area contributed by atoms with Crippen molar-refractivity contribution in [2.75, 3.05) is 57.3 Å². The summed E-state index contributed by atoms with van der Waals surface area (Å²) >= 11 is 0. The average Bonchev–Trinajstić information content (AvgIpc) is 2.85. The third-order valence-electron chi connectivity index (χ3n) is 8.85. The molecule has 5 aliphatic rings. The number of fused-ring (bicyclic) bond motifs is 6. The van der Waals surface area contributed by atoms with Crippen molar-refractivity contribution in [3.05, 3.63) is 42.0 Å². The molecule has 0 unspecified atom stereocenters. The highest BCUT2D eigenvalue weighted by Crippen LogP contribution is 2.44. The van der Waals surface area contributed by atoms with Crippen molar-refractivity contribution in [1.29, 1.82) is 0 Å². The lowest BCUT2D eigenvalue weighted by Crippen LogP contribution is -2.60. The maximum absolute atomic E-state index is 13.3. The van der Waals surface area contributed by atoms with E-state index >= 15 is 0 Å². The topological polar surface area (TPSA) is 30.0 Å². The van der Waals surface area contributed by atoms with Crippen LogP contribution in [0.1, 0.15) is 38.5 Å². The van der Waals surface area contributed by atoms with E-state index < -0.39 is 0 Å². The molecule has 5 heteroatoms. The number of amides is 1. The standard InChI is InChI=1S/C27H38N4O/c32-26(29-15-13-28(14-16-29)24-8-2-1-3-9-24)20-31-12-6-7-21-17-22-18-23(27(21)31)19-30-11-5-4-10-25(22)30/h1-3,8-9,17,22-23,25,27H,4-7,10-16,18-20H2/t22-,23-,25+,27+/m0/s1. The minimum atomic E-state index is 0.341. The molecule has 4 heterocycles. The molecule has 4 saturated heterocycles. The summed E-state index contributed by atoms with van der Waals surface area (Å²) in [6.07, 6.45) is 10.6. The summed E-state index contributed by atoms with van der Waals surface area (Å²) in [5.74, 6) is 1.83. The first kappa shape index (κ1) is 20.7. The number of rotatable bonds is 3. The molecule has 32 heavy (non-hydrogen) atoms. The molecule has 4 atom stereocenters. The minimum Gasteiger partial charge on any atom is -0.368 e. The van der Waals surface area contributed by atoms with Gasteiger partial charge in [-0.2, -0.15) is 0 Å². The predicted molar refractivity (Wildman–Crippen MR) is 129 cm³/mol. The molecular weight excluding hydrogens is 396 g/mol. The Morgan fingerprint density at radius 3 is 2.62 bits per heavy atom. The number of benzene rings is 1. The van der Waals surface area contributed by atoms with Gasteiger partial charge in [-0.05, 0) is 69.2 Å². The third kappa shape index (κ3) is 3.88. The maximum Gasteiger partial charge on any atom is 0.236 e. The molecule has 0 saturated carbocycles. The van der Waals surface area contributed by atoms with Gasteiger partial charge in [0, 0.05) is 50.5 Å². The van der Waals surface area contributed by atoms with Gasteiger partial charge >= 0.3 is 0 Å². The van der Waals surface area contributed by atoms with E-state index in [1.165, 1.54) is 57.3 Å². The minimum absolute atomic E-state index is 0.341.